The molecule has 0 aliphatic carbocycles. The normalized spacial score (nSPS) is 10.3. The van der Waals surface area contributed by atoms with Crippen LogP contribution >= 0.6 is 11.3 Å². The first-order chi connectivity index (χ1) is 13.1. The lowest BCUT2D eigenvalue weighted by atomic mass is 10.1. The maximum atomic E-state index is 12.1. The summed E-state index contributed by atoms with van der Waals surface area (Å²) in [7, 11) is 1.48. The lowest BCUT2D eigenvalue weighted by Crippen LogP contribution is -2.20. The molecule has 138 valence electrons. The molecule has 0 atom stereocenters. The van der Waals surface area contributed by atoms with Crippen molar-refractivity contribution < 1.29 is 19.1 Å². The Balaban J connectivity index is 1.60. The van der Waals surface area contributed by atoms with E-state index in [1.54, 1.807) is 18.2 Å². The van der Waals surface area contributed by atoms with Crippen molar-refractivity contribution in [3.8, 4) is 22.8 Å². The van der Waals surface area contributed by atoms with Crippen molar-refractivity contribution in [2.75, 3.05) is 19.0 Å². The number of anilines is 1. The fourth-order valence-corrected chi connectivity index (χ4v) is 3.11. The summed E-state index contributed by atoms with van der Waals surface area (Å²) in [6.07, 6.45) is 0. The maximum Gasteiger partial charge on any atom is 0.264 e. The number of hydrogen-bond donors (Lipinski definition) is 1. The number of ketones is 1. The van der Waals surface area contributed by atoms with Gasteiger partial charge in [0.05, 0.1) is 12.8 Å². The summed E-state index contributed by atoms with van der Waals surface area (Å²) >= 11 is 1.35. The van der Waals surface area contributed by atoms with E-state index in [0.29, 0.717) is 22.2 Å². The molecule has 1 N–H and O–H groups in total. The third-order valence-corrected chi connectivity index (χ3v) is 4.51. The molecule has 0 saturated heterocycles. The topological polar surface area (TPSA) is 77.5 Å². The molecule has 0 saturated carbocycles. The van der Waals surface area contributed by atoms with Gasteiger partial charge in [0.25, 0.3) is 5.91 Å². The Hall–Kier alpha value is -3.19. The van der Waals surface area contributed by atoms with E-state index in [0.717, 1.165) is 11.3 Å². The van der Waals surface area contributed by atoms with Crippen molar-refractivity contribution >= 4 is 28.2 Å². The van der Waals surface area contributed by atoms with Crippen LogP contribution in [0.15, 0.2) is 53.9 Å². The minimum atomic E-state index is -0.332. The largest absolute Gasteiger partial charge is 0.493 e. The smallest absolute Gasteiger partial charge is 0.264 e. The highest BCUT2D eigenvalue weighted by Gasteiger charge is 2.12. The average Bonchev–Trinajstić information content (AvgIpc) is 3.15. The highest BCUT2D eigenvalue weighted by molar-refractivity contribution is 7.14. The summed E-state index contributed by atoms with van der Waals surface area (Å²) in [4.78, 5) is 28.0. The second kappa shape index (κ2) is 8.46. The second-order valence-electron chi connectivity index (χ2n) is 5.66. The predicted molar refractivity (Wildman–Crippen MR) is 105 cm³/mol. The van der Waals surface area contributed by atoms with Crippen LogP contribution in [0.1, 0.15) is 17.3 Å². The number of ether oxygens (including phenoxy) is 2. The number of carbonyl (C=O) groups is 2. The molecule has 1 heterocycles. The Morgan fingerprint density at radius 3 is 2.59 bits per heavy atom. The van der Waals surface area contributed by atoms with Crippen molar-refractivity contribution in [2.45, 2.75) is 6.92 Å². The van der Waals surface area contributed by atoms with E-state index in [9.17, 15) is 9.59 Å². The summed E-state index contributed by atoms with van der Waals surface area (Å²) < 4.78 is 10.7. The number of amides is 1. The summed E-state index contributed by atoms with van der Waals surface area (Å²) in [6, 6.07) is 14.6. The predicted octanol–water partition coefficient (Wildman–Crippen LogP) is 4.04. The zero-order valence-electron chi connectivity index (χ0n) is 14.9. The van der Waals surface area contributed by atoms with Gasteiger partial charge in [0.1, 0.15) is 0 Å². The molecule has 1 amide bonds. The van der Waals surface area contributed by atoms with E-state index in [1.165, 1.54) is 25.4 Å². The van der Waals surface area contributed by atoms with Crippen molar-refractivity contribution in [1.82, 2.24) is 4.98 Å². The zero-order chi connectivity index (χ0) is 19.2. The Bertz CT molecular complexity index is 954. The van der Waals surface area contributed by atoms with Gasteiger partial charge >= 0.3 is 0 Å². The number of nitrogens with one attached hydrogen (secondary N) is 1. The molecule has 0 aliphatic heterocycles. The third-order valence-electron chi connectivity index (χ3n) is 3.75. The van der Waals surface area contributed by atoms with Crippen LogP contribution in [-0.4, -0.2) is 30.4 Å². The SMILES string of the molecule is COc1cc(C(C)=O)ccc1OCC(=O)Nc1nc(-c2ccccc2)cs1. The zero-order valence-corrected chi connectivity index (χ0v) is 15.7. The van der Waals surface area contributed by atoms with Gasteiger partial charge in [-0.15, -0.1) is 11.3 Å². The lowest BCUT2D eigenvalue weighted by Gasteiger charge is -2.11. The Morgan fingerprint density at radius 1 is 1.11 bits per heavy atom. The molecule has 0 aliphatic rings. The summed E-state index contributed by atoms with van der Waals surface area (Å²) in [5, 5.41) is 5.10. The summed E-state index contributed by atoms with van der Waals surface area (Å²) in [6.45, 7) is 1.27. The minimum absolute atomic E-state index is 0.0735. The summed E-state index contributed by atoms with van der Waals surface area (Å²) in [5.41, 5.74) is 2.30. The molecule has 27 heavy (non-hydrogen) atoms. The molecule has 0 bridgehead atoms. The van der Waals surface area contributed by atoms with E-state index in [-0.39, 0.29) is 18.3 Å². The minimum Gasteiger partial charge on any atom is -0.493 e. The number of rotatable bonds is 7. The molecule has 6 nitrogen and oxygen atoms in total. The van der Waals surface area contributed by atoms with Gasteiger partial charge in [-0.25, -0.2) is 4.98 Å². The molecule has 3 rings (SSSR count). The quantitative estimate of drug-likeness (QED) is 0.624. The fraction of sp³-hybridized carbons (Fsp3) is 0.150. The maximum absolute atomic E-state index is 12.1. The van der Waals surface area contributed by atoms with Gasteiger partial charge in [-0.2, -0.15) is 0 Å². The highest BCUT2D eigenvalue weighted by Crippen LogP contribution is 2.28. The van der Waals surface area contributed by atoms with Crippen molar-refractivity contribution in [1.29, 1.82) is 0 Å². The van der Waals surface area contributed by atoms with Gasteiger partial charge in [-0.1, -0.05) is 30.3 Å². The van der Waals surface area contributed by atoms with Gasteiger partial charge in [0.15, 0.2) is 29.0 Å². The first-order valence-corrected chi connectivity index (χ1v) is 9.07. The molecular formula is C20H18N2O4S. The van der Waals surface area contributed by atoms with Gasteiger partial charge in [-0.3, -0.25) is 14.9 Å². The monoisotopic (exact) mass is 382 g/mol. The number of Topliss-reactive ketones (excluding diaryl/α,β-unsaturated/α-hetero) is 1. The molecule has 0 fully saturated rings. The number of thiazole rings is 1. The molecule has 1 aromatic heterocycles. The van der Waals surface area contributed by atoms with Crippen LogP contribution < -0.4 is 14.8 Å². The standard InChI is InChI=1S/C20H18N2O4S/c1-13(23)15-8-9-17(18(10-15)25-2)26-11-19(24)22-20-21-16(12-27-20)14-6-4-3-5-7-14/h3-10,12H,11H2,1-2H3,(H,21,22,24). The number of nitrogens with zero attached hydrogens (tertiary/aromatic N) is 1. The third kappa shape index (κ3) is 4.71. The first-order valence-electron chi connectivity index (χ1n) is 8.19. The van der Waals surface area contributed by atoms with Gasteiger partial charge in [0, 0.05) is 16.5 Å². The van der Waals surface area contributed by atoms with Crippen LogP contribution in [0.3, 0.4) is 0 Å². The molecule has 0 radical (unpaired) electrons. The number of benzene rings is 2. The Labute approximate surface area is 160 Å². The van der Waals surface area contributed by atoms with Crippen LogP contribution in [0, 0.1) is 0 Å². The van der Waals surface area contributed by atoms with E-state index in [1.807, 2.05) is 35.7 Å². The van der Waals surface area contributed by atoms with Gasteiger partial charge < -0.3 is 9.47 Å². The number of carbonyl (C=O) groups excluding carboxylic acids is 2. The van der Waals surface area contributed by atoms with E-state index in [4.69, 9.17) is 9.47 Å². The van der Waals surface area contributed by atoms with Gasteiger partial charge in [0.2, 0.25) is 0 Å². The van der Waals surface area contributed by atoms with Crippen LogP contribution in [0.5, 0.6) is 11.5 Å². The first kappa shape index (κ1) is 18.6. The number of aromatic nitrogens is 1. The average molecular weight is 382 g/mol. The molecule has 2 aromatic carbocycles. The molecule has 0 spiro atoms. The molecule has 0 unspecified atom stereocenters. The van der Waals surface area contributed by atoms with Crippen molar-refractivity contribution in [2.24, 2.45) is 0 Å². The fourth-order valence-electron chi connectivity index (χ4n) is 2.38. The molecular weight excluding hydrogens is 364 g/mol. The van der Waals surface area contributed by atoms with Crippen LogP contribution in [-0.2, 0) is 4.79 Å². The van der Waals surface area contributed by atoms with Crippen molar-refractivity contribution in [3.63, 3.8) is 0 Å². The molecule has 7 heteroatoms. The number of methoxy groups -OCH3 is 1. The highest BCUT2D eigenvalue weighted by atomic mass is 32.1. The van der Waals surface area contributed by atoms with Crippen LogP contribution in [0.2, 0.25) is 0 Å². The summed E-state index contributed by atoms with van der Waals surface area (Å²) in [5.74, 6) is 0.384. The Kier molecular flexibility index (Phi) is 5.83. The van der Waals surface area contributed by atoms with Crippen LogP contribution in [0.4, 0.5) is 5.13 Å². The van der Waals surface area contributed by atoms with Crippen LogP contribution in [0.25, 0.3) is 11.3 Å². The molecule has 3 aromatic rings. The second-order valence-corrected chi connectivity index (χ2v) is 6.52. The van der Waals surface area contributed by atoms with Gasteiger partial charge in [-0.05, 0) is 25.1 Å². The lowest BCUT2D eigenvalue weighted by molar-refractivity contribution is -0.118. The van der Waals surface area contributed by atoms with E-state index < -0.39 is 0 Å². The van der Waals surface area contributed by atoms with E-state index >= 15 is 0 Å². The van der Waals surface area contributed by atoms with E-state index in [2.05, 4.69) is 10.3 Å². The van der Waals surface area contributed by atoms with Crippen molar-refractivity contribution in [3.05, 3.63) is 59.5 Å². The number of hydrogen-bond acceptors (Lipinski definition) is 6. The Morgan fingerprint density at radius 2 is 1.89 bits per heavy atom.